The summed E-state index contributed by atoms with van der Waals surface area (Å²) in [5.74, 6) is -0.0124. The van der Waals surface area contributed by atoms with Gasteiger partial charge in [0.1, 0.15) is 23.4 Å². The third-order valence-electron chi connectivity index (χ3n) is 2.94. The molecular formula is C16H11FN2OS. The van der Waals surface area contributed by atoms with Gasteiger partial charge in [-0.1, -0.05) is 0 Å². The zero-order valence-corrected chi connectivity index (χ0v) is 12.3. The quantitative estimate of drug-likeness (QED) is 0.788. The van der Waals surface area contributed by atoms with Gasteiger partial charge in [0.2, 0.25) is 0 Å². The maximum atomic E-state index is 13.4. The second kappa shape index (κ2) is 6.30. The fourth-order valence-corrected chi connectivity index (χ4v) is 2.54. The van der Waals surface area contributed by atoms with Crippen LogP contribution in [0.15, 0.2) is 35.2 Å². The Balaban J connectivity index is 2.46. The topological polar surface area (TPSA) is 56.8 Å². The fraction of sp³-hybridized carbons (Fsp3) is 0.125. The molecule has 0 saturated carbocycles. The minimum Gasteiger partial charge on any atom is -0.456 e. The van der Waals surface area contributed by atoms with E-state index in [2.05, 4.69) is 6.07 Å². The minimum atomic E-state index is -0.556. The van der Waals surface area contributed by atoms with Gasteiger partial charge in [-0.2, -0.15) is 10.5 Å². The van der Waals surface area contributed by atoms with Gasteiger partial charge in [0.15, 0.2) is 0 Å². The summed E-state index contributed by atoms with van der Waals surface area (Å²) in [5.41, 5.74) is 1.39. The summed E-state index contributed by atoms with van der Waals surface area (Å²) in [6, 6.07) is 11.2. The van der Waals surface area contributed by atoms with Crippen LogP contribution >= 0.6 is 11.8 Å². The summed E-state index contributed by atoms with van der Waals surface area (Å²) in [6.07, 6.45) is 1.93. The first-order chi connectivity index (χ1) is 10.1. The molecule has 0 heterocycles. The van der Waals surface area contributed by atoms with Crippen molar-refractivity contribution < 1.29 is 9.13 Å². The highest BCUT2D eigenvalue weighted by Gasteiger charge is 2.12. The van der Waals surface area contributed by atoms with Crippen molar-refractivity contribution in [1.29, 1.82) is 10.5 Å². The van der Waals surface area contributed by atoms with Crippen LogP contribution < -0.4 is 4.74 Å². The van der Waals surface area contributed by atoms with Crippen LogP contribution in [-0.4, -0.2) is 6.26 Å². The molecule has 0 atom stereocenters. The Labute approximate surface area is 126 Å². The normalized spacial score (nSPS) is 9.76. The first-order valence-corrected chi connectivity index (χ1v) is 7.27. The van der Waals surface area contributed by atoms with Crippen molar-refractivity contribution in [3.05, 3.63) is 52.8 Å². The van der Waals surface area contributed by atoms with Crippen LogP contribution in [-0.2, 0) is 0 Å². The standard InChI is InChI=1S/C16H11FN2OS/c1-10-14(9-19)15(3-4-16(10)21-2)20-13-6-11(8-18)5-12(17)7-13/h3-7H,1-2H3. The average molecular weight is 298 g/mol. The van der Waals surface area contributed by atoms with Gasteiger partial charge in [0.25, 0.3) is 0 Å². The monoisotopic (exact) mass is 298 g/mol. The molecule has 5 heteroatoms. The lowest BCUT2D eigenvalue weighted by molar-refractivity contribution is 0.474. The number of nitriles is 2. The van der Waals surface area contributed by atoms with Crippen molar-refractivity contribution in [2.75, 3.05) is 6.26 Å². The summed E-state index contributed by atoms with van der Waals surface area (Å²) < 4.78 is 19.0. The van der Waals surface area contributed by atoms with E-state index in [0.717, 1.165) is 16.5 Å². The predicted octanol–water partition coefficient (Wildman–Crippen LogP) is 4.39. The molecule has 0 N–H and O–H groups in total. The molecule has 104 valence electrons. The molecule has 0 radical (unpaired) electrons. The molecule has 0 spiro atoms. The van der Waals surface area contributed by atoms with Crippen molar-refractivity contribution in [2.24, 2.45) is 0 Å². The van der Waals surface area contributed by atoms with E-state index in [1.807, 2.05) is 25.3 Å². The molecule has 0 aliphatic carbocycles. The van der Waals surface area contributed by atoms with Crippen molar-refractivity contribution in [1.82, 2.24) is 0 Å². The Morgan fingerprint density at radius 3 is 2.52 bits per heavy atom. The molecule has 2 rings (SSSR count). The molecular weight excluding hydrogens is 287 g/mol. The zero-order chi connectivity index (χ0) is 15.4. The van der Waals surface area contributed by atoms with Gasteiger partial charge in [-0.05, 0) is 43.0 Å². The molecule has 2 aromatic carbocycles. The van der Waals surface area contributed by atoms with E-state index < -0.39 is 5.82 Å². The van der Waals surface area contributed by atoms with Gasteiger partial charge in [0.05, 0.1) is 17.2 Å². The van der Waals surface area contributed by atoms with Crippen molar-refractivity contribution in [3.8, 4) is 23.6 Å². The number of benzene rings is 2. The Morgan fingerprint density at radius 1 is 1.14 bits per heavy atom. The third kappa shape index (κ3) is 3.16. The Bertz CT molecular complexity index is 775. The SMILES string of the molecule is CSc1ccc(Oc2cc(F)cc(C#N)c2)c(C#N)c1C. The highest BCUT2D eigenvalue weighted by molar-refractivity contribution is 7.98. The van der Waals surface area contributed by atoms with Crippen LogP contribution in [0.1, 0.15) is 16.7 Å². The maximum Gasteiger partial charge on any atom is 0.145 e. The zero-order valence-electron chi connectivity index (χ0n) is 11.5. The average Bonchev–Trinajstić information content (AvgIpc) is 2.47. The largest absolute Gasteiger partial charge is 0.456 e. The summed E-state index contributed by atoms with van der Waals surface area (Å²) >= 11 is 1.54. The lowest BCUT2D eigenvalue weighted by Gasteiger charge is -2.11. The van der Waals surface area contributed by atoms with E-state index in [1.54, 1.807) is 6.07 Å². The Kier molecular flexibility index (Phi) is 4.47. The Hall–Kier alpha value is -2.50. The molecule has 0 aliphatic heterocycles. The van der Waals surface area contributed by atoms with E-state index in [9.17, 15) is 9.65 Å². The number of nitrogens with zero attached hydrogens (tertiary/aromatic N) is 2. The van der Waals surface area contributed by atoms with E-state index in [1.165, 1.54) is 23.9 Å². The molecule has 0 saturated heterocycles. The molecule has 21 heavy (non-hydrogen) atoms. The Morgan fingerprint density at radius 2 is 1.90 bits per heavy atom. The fourth-order valence-electron chi connectivity index (χ4n) is 1.93. The van der Waals surface area contributed by atoms with Gasteiger partial charge >= 0.3 is 0 Å². The molecule has 0 aromatic heterocycles. The van der Waals surface area contributed by atoms with Crippen molar-refractivity contribution >= 4 is 11.8 Å². The first-order valence-electron chi connectivity index (χ1n) is 6.05. The van der Waals surface area contributed by atoms with Crippen molar-refractivity contribution in [3.63, 3.8) is 0 Å². The summed E-state index contributed by atoms with van der Waals surface area (Å²) in [5, 5.41) is 18.1. The number of rotatable bonds is 3. The van der Waals surface area contributed by atoms with Gasteiger partial charge in [-0.25, -0.2) is 4.39 Å². The molecule has 0 fully saturated rings. The summed E-state index contributed by atoms with van der Waals surface area (Å²) in [7, 11) is 0. The number of ether oxygens (including phenoxy) is 1. The summed E-state index contributed by atoms with van der Waals surface area (Å²) in [4.78, 5) is 0.982. The van der Waals surface area contributed by atoms with Crippen LogP contribution in [0, 0.1) is 35.4 Å². The van der Waals surface area contributed by atoms with Gasteiger partial charge in [-0.3, -0.25) is 0 Å². The second-order valence-electron chi connectivity index (χ2n) is 4.27. The van der Waals surface area contributed by atoms with Crippen LogP contribution in [0.3, 0.4) is 0 Å². The van der Waals surface area contributed by atoms with Crippen LogP contribution in [0.4, 0.5) is 4.39 Å². The lowest BCUT2D eigenvalue weighted by atomic mass is 10.1. The predicted molar refractivity (Wildman–Crippen MR) is 78.9 cm³/mol. The highest BCUT2D eigenvalue weighted by Crippen LogP contribution is 2.32. The smallest absolute Gasteiger partial charge is 0.145 e. The van der Waals surface area contributed by atoms with Gasteiger partial charge < -0.3 is 4.74 Å². The number of halogens is 1. The van der Waals surface area contributed by atoms with E-state index in [0.29, 0.717) is 11.3 Å². The van der Waals surface area contributed by atoms with Crippen LogP contribution in [0.2, 0.25) is 0 Å². The molecule has 2 aromatic rings. The number of thioether (sulfide) groups is 1. The van der Waals surface area contributed by atoms with E-state index in [-0.39, 0.29) is 11.3 Å². The molecule has 0 unspecified atom stereocenters. The van der Waals surface area contributed by atoms with Crippen LogP contribution in [0.25, 0.3) is 0 Å². The number of hydrogen-bond donors (Lipinski definition) is 0. The van der Waals surface area contributed by atoms with Gasteiger partial charge in [-0.15, -0.1) is 11.8 Å². The maximum absolute atomic E-state index is 13.4. The van der Waals surface area contributed by atoms with E-state index >= 15 is 0 Å². The lowest BCUT2D eigenvalue weighted by Crippen LogP contribution is -1.94. The van der Waals surface area contributed by atoms with Crippen molar-refractivity contribution in [2.45, 2.75) is 11.8 Å². The highest BCUT2D eigenvalue weighted by atomic mass is 32.2. The minimum absolute atomic E-state index is 0.168. The van der Waals surface area contributed by atoms with Crippen LogP contribution in [0.5, 0.6) is 11.5 Å². The molecule has 3 nitrogen and oxygen atoms in total. The van der Waals surface area contributed by atoms with E-state index in [4.69, 9.17) is 10.00 Å². The molecule has 0 amide bonds. The van der Waals surface area contributed by atoms with Gasteiger partial charge in [0, 0.05) is 11.0 Å². The molecule has 0 bridgehead atoms. The summed E-state index contributed by atoms with van der Waals surface area (Å²) in [6.45, 7) is 1.84. The number of hydrogen-bond acceptors (Lipinski definition) is 4. The third-order valence-corrected chi connectivity index (χ3v) is 3.82. The second-order valence-corrected chi connectivity index (χ2v) is 5.12. The molecule has 0 aliphatic rings. The first kappa shape index (κ1) is 14.9.